The van der Waals surface area contributed by atoms with Crippen LogP contribution in [-0.2, 0) is 21.6 Å². The zero-order valence-electron chi connectivity index (χ0n) is 20.0. The summed E-state index contributed by atoms with van der Waals surface area (Å²) in [4.78, 5) is 25.2. The van der Waals surface area contributed by atoms with Gasteiger partial charge < -0.3 is 20.7 Å². The summed E-state index contributed by atoms with van der Waals surface area (Å²) in [7, 11) is 0. The third kappa shape index (κ3) is 3.97. The van der Waals surface area contributed by atoms with Crippen LogP contribution in [0.2, 0.25) is 0 Å². The lowest BCUT2D eigenvalue weighted by molar-refractivity contribution is -0.124. The standard InChI is InChI=1S/C28H29FN4O3/c29-24-14-17(16-4-6-22-23(13-16)28(36-27(22)35)7-9-31-10-8-28)1-2-18(24)11-21(15-30)33-26(34)25-19-3-5-20(12-19)32-25/h1-2,4,6,13-14,19-21,25,31-32H,3,5,7-12H2,(H,33,34)/t19-,20+,21-,25-/m0/s1. The molecule has 186 valence electrons. The molecule has 1 spiro atoms. The molecule has 2 bridgehead atoms. The number of halogens is 1. The summed E-state index contributed by atoms with van der Waals surface area (Å²) < 4.78 is 21.0. The third-order valence-corrected chi connectivity index (χ3v) is 8.35. The first-order valence-corrected chi connectivity index (χ1v) is 12.8. The number of benzene rings is 2. The first kappa shape index (κ1) is 23.1. The lowest BCUT2D eigenvalue weighted by Gasteiger charge is -2.33. The summed E-state index contributed by atoms with van der Waals surface area (Å²) in [6.45, 7) is 1.55. The number of esters is 1. The smallest absolute Gasteiger partial charge is 0.339 e. The molecule has 1 saturated carbocycles. The van der Waals surface area contributed by atoms with Gasteiger partial charge >= 0.3 is 5.97 Å². The maximum atomic E-state index is 15.2. The van der Waals surface area contributed by atoms with Crippen LogP contribution < -0.4 is 16.0 Å². The molecule has 6 rings (SSSR count). The minimum absolute atomic E-state index is 0.0950. The molecule has 36 heavy (non-hydrogen) atoms. The van der Waals surface area contributed by atoms with Crippen molar-refractivity contribution >= 4 is 11.9 Å². The van der Waals surface area contributed by atoms with Gasteiger partial charge in [0.05, 0.1) is 17.7 Å². The quantitative estimate of drug-likeness (QED) is 0.560. The number of carbonyl (C=O) groups is 2. The molecule has 3 N–H and O–H groups in total. The largest absolute Gasteiger partial charge is 0.450 e. The summed E-state index contributed by atoms with van der Waals surface area (Å²) in [5.41, 5.74) is 2.71. The van der Waals surface area contributed by atoms with Crippen LogP contribution in [0, 0.1) is 23.1 Å². The van der Waals surface area contributed by atoms with Crippen molar-refractivity contribution in [2.24, 2.45) is 5.92 Å². The van der Waals surface area contributed by atoms with E-state index in [0.717, 1.165) is 43.5 Å². The highest BCUT2D eigenvalue weighted by Gasteiger charge is 2.46. The van der Waals surface area contributed by atoms with E-state index in [-0.39, 0.29) is 24.3 Å². The Morgan fingerprint density at radius 2 is 1.97 bits per heavy atom. The molecule has 1 aliphatic carbocycles. The highest BCUT2D eigenvalue weighted by molar-refractivity contribution is 5.95. The van der Waals surface area contributed by atoms with Crippen LogP contribution in [0.15, 0.2) is 36.4 Å². The number of nitrogens with zero attached hydrogens (tertiary/aromatic N) is 1. The maximum absolute atomic E-state index is 15.2. The molecule has 3 aliphatic heterocycles. The second-order valence-electron chi connectivity index (χ2n) is 10.5. The van der Waals surface area contributed by atoms with E-state index in [1.165, 1.54) is 6.07 Å². The number of nitrogens with one attached hydrogen (secondary N) is 3. The van der Waals surface area contributed by atoms with Crippen molar-refractivity contribution in [1.82, 2.24) is 16.0 Å². The van der Waals surface area contributed by atoms with E-state index in [0.29, 0.717) is 41.5 Å². The Kier molecular flexibility index (Phi) is 5.78. The number of fused-ring (bicyclic) bond motifs is 4. The zero-order chi connectivity index (χ0) is 24.9. The monoisotopic (exact) mass is 488 g/mol. The number of amides is 1. The molecule has 3 heterocycles. The zero-order valence-corrected chi connectivity index (χ0v) is 20.0. The molecule has 1 amide bonds. The Labute approximate surface area is 209 Å². The lowest BCUT2D eigenvalue weighted by Crippen LogP contribution is -2.50. The summed E-state index contributed by atoms with van der Waals surface area (Å²) in [5, 5.41) is 19.1. The number of carbonyl (C=O) groups excluding carboxylic acids is 2. The second-order valence-corrected chi connectivity index (χ2v) is 10.5. The van der Waals surface area contributed by atoms with Gasteiger partial charge in [0.1, 0.15) is 17.5 Å². The van der Waals surface area contributed by atoms with Gasteiger partial charge in [0.2, 0.25) is 5.91 Å². The van der Waals surface area contributed by atoms with Gasteiger partial charge in [-0.25, -0.2) is 9.18 Å². The first-order valence-electron chi connectivity index (χ1n) is 12.8. The topological polar surface area (TPSA) is 103 Å². The van der Waals surface area contributed by atoms with E-state index in [9.17, 15) is 14.9 Å². The molecule has 0 aromatic heterocycles. The van der Waals surface area contributed by atoms with Gasteiger partial charge in [-0.15, -0.1) is 0 Å². The van der Waals surface area contributed by atoms with E-state index in [4.69, 9.17) is 4.74 Å². The highest BCUT2D eigenvalue weighted by atomic mass is 19.1. The number of ether oxygens (including phenoxy) is 1. The van der Waals surface area contributed by atoms with Crippen LogP contribution in [-0.4, -0.2) is 43.1 Å². The van der Waals surface area contributed by atoms with Gasteiger partial charge in [0.25, 0.3) is 0 Å². The average Bonchev–Trinajstić information content (AvgIpc) is 3.59. The van der Waals surface area contributed by atoms with Gasteiger partial charge in [0, 0.05) is 30.9 Å². The Morgan fingerprint density at radius 1 is 1.19 bits per heavy atom. The van der Waals surface area contributed by atoms with Gasteiger partial charge in [-0.3, -0.25) is 4.79 Å². The van der Waals surface area contributed by atoms with E-state index in [1.54, 1.807) is 12.1 Å². The van der Waals surface area contributed by atoms with Crippen LogP contribution in [0.4, 0.5) is 4.39 Å². The maximum Gasteiger partial charge on any atom is 0.339 e. The highest BCUT2D eigenvalue weighted by Crippen LogP contribution is 2.44. The number of hydrogen-bond acceptors (Lipinski definition) is 6. The molecule has 3 fully saturated rings. The predicted molar refractivity (Wildman–Crippen MR) is 130 cm³/mol. The fourth-order valence-corrected chi connectivity index (χ4v) is 6.42. The lowest BCUT2D eigenvalue weighted by atomic mass is 9.83. The van der Waals surface area contributed by atoms with E-state index >= 15 is 4.39 Å². The van der Waals surface area contributed by atoms with E-state index < -0.39 is 17.5 Å². The molecule has 4 atom stereocenters. The Morgan fingerprint density at radius 3 is 2.67 bits per heavy atom. The van der Waals surface area contributed by atoms with E-state index in [1.807, 2.05) is 18.2 Å². The fourth-order valence-electron chi connectivity index (χ4n) is 6.42. The van der Waals surface area contributed by atoms with Crippen molar-refractivity contribution in [3.05, 3.63) is 58.9 Å². The minimum atomic E-state index is -0.804. The summed E-state index contributed by atoms with van der Waals surface area (Å²) in [6, 6.07) is 11.9. The van der Waals surface area contributed by atoms with Crippen LogP contribution >= 0.6 is 0 Å². The molecule has 2 saturated heterocycles. The second kappa shape index (κ2) is 8.99. The van der Waals surface area contributed by atoms with Gasteiger partial charge in [-0.2, -0.15) is 5.26 Å². The normalized spacial score (nSPS) is 26.3. The number of piperidine rings is 2. The van der Waals surface area contributed by atoms with Gasteiger partial charge in [0.15, 0.2) is 0 Å². The Bertz CT molecular complexity index is 1270. The van der Waals surface area contributed by atoms with Crippen LogP contribution in [0.25, 0.3) is 11.1 Å². The van der Waals surface area contributed by atoms with Gasteiger partial charge in [-0.1, -0.05) is 18.2 Å². The fraction of sp³-hybridized carbons (Fsp3) is 0.464. The molecule has 7 nitrogen and oxygen atoms in total. The van der Waals surface area contributed by atoms with Crippen molar-refractivity contribution in [3.8, 4) is 17.2 Å². The van der Waals surface area contributed by atoms with Crippen molar-refractivity contribution in [2.75, 3.05) is 13.1 Å². The molecule has 2 aromatic rings. The number of hydrogen-bond donors (Lipinski definition) is 3. The van der Waals surface area contributed by atoms with Crippen molar-refractivity contribution < 1.29 is 18.7 Å². The third-order valence-electron chi connectivity index (χ3n) is 8.35. The minimum Gasteiger partial charge on any atom is -0.450 e. The predicted octanol–water partition coefficient (Wildman–Crippen LogP) is 2.93. The number of nitriles is 1. The van der Waals surface area contributed by atoms with Crippen molar-refractivity contribution in [2.45, 2.75) is 62.3 Å². The summed E-state index contributed by atoms with van der Waals surface area (Å²) >= 11 is 0. The molecular weight excluding hydrogens is 459 g/mol. The van der Waals surface area contributed by atoms with Crippen molar-refractivity contribution in [3.63, 3.8) is 0 Å². The van der Waals surface area contributed by atoms with Crippen molar-refractivity contribution in [1.29, 1.82) is 5.26 Å². The molecule has 4 aliphatic rings. The van der Waals surface area contributed by atoms with E-state index in [2.05, 4.69) is 22.0 Å². The Hall–Kier alpha value is -3.28. The Balaban J connectivity index is 1.19. The van der Waals surface area contributed by atoms with Crippen LogP contribution in [0.3, 0.4) is 0 Å². The summed E-state index contributed by atoms with van der Waals surface area (Å²) in [6.07, 6.45) is 4.65. The average molecular weight is 489 g/mol. The number of rotatable bonds is 5. The molecule has 0 radical (unpaired) electrons. The van der Waals surface area contributed by atoms with Crippen LogP contribution in [0.1, 0.15) is 53.6 Å². The van der Waals surface area contributed by atoms with Crippen LogP contribution in [0.5, 0.6) is 0 Å². The molecule has 8 heteroatoms. The molecule has 0 unspecified atom stereocenters. The summed E-state index contributed by atoms with van der Waals surface area (Å²) in [5.74, 6) is -0.579. The SMILES string of the molecule is N#C[C@H](Cc1ccc(-c2ccc3c(c2)C2(CCNCC2)OC3=O)cc1F)NC(=O)[C@H]1N[C@@H]2CC[C@H]1C2. The molecular formula is C28H29FN4O3. The first-order chi connectivity index (χ1) is 17.5. The van der Waals surface area contributed by atoms with Gasteiger partial charge in [-0.05, 0) is 73.2 Å². The molecule has 2 aromatic carbocycles.